The number of thioether (sulfide) groups is 1. The van der Waals surface area contributed by atoms with Gasteiger partial charge in [0.1, 0.15) is 0 Å². The number of nitrogens with one attached hydrogen (secondary N) is 1. The molecule has 1 atom stereocenters. The summed E-state index contributed by atoms with van der Waals surface area (Å²) in [6, 6.07) is 4.33. The maximum absolute atomic E-state index is 3.49. The normalized spacial score (nSPS) is 25.3. The zero-order chi connectivity index (χ0) is 7.52. The molecule has 60 valence electrons. The van der Waals surface area contributed by atoms with E-state index in [1.165, 1.54) is 23.6 Å². The summed E-state index contributed by atoms with van der Waals surface area (Å²) < 4.78 is 0. The van der Waals surface area contributed by atoms with Gasteiger partial charge in [-0.05, 0) is 30.2 Å². The summed E-state index contributed by atoms with van der Waals surface area (Å²) in [5.41, 5.74) is 0. The number of hydrogen-bond acceptors (Lipinski definition) is 3. The second kappa shape index (κ2) is 3.61. The lowest BCUT2D eigenvalue weighted by Crippen LogP contribution is -2.24. The van der Waals surface area contributed by atoms with E-state index in [1.807, 2.05) is 23.1 Å². The minimum atomic E-state index is 0.573. The van der Waals surface area contributed by atoms with Gasteiger partial charge in [-0.25, -0.2) is 0 Å². The molecule has 1 aromatic heterocycles. The van der Waals surface area contributed by atoms with Gasteiger partial charge in [-0.15, -0.1) is 23.1 Å². The molecule has 0 aromatic carbocycles. The quantitative estimate of drug-likeness (QED) is 0.721. The third-order valence-corrected chi connectivity index (χ3v) is 4.10. The first kappa shape index (κ1) is 7.65. The lowest BCUT2D eigenvalue weighted by Gasteiger charge is -2.21. The lowest BCUT2D eigenvalue weighted by molar-refractivity contribution is 0.649. The molecule has 2 rings (SSSR count). The molecule has 0 amide bonds. The van der Waals surface area contributed by atoms with Gasteiger partial charge in [0.25, 0.3) is 0 Å². The first-order chi connectivity index (χ1) is 5.47. The van der Waals surface area contributed by atoms with Crippen LogP contribution in [0, 0.1) is 0 Å². The predicted octanol–water partition coefficient (Wildman–Crippen LogP) is 2.47. The van der Waals surface area contributed by atoms with Crippen LogP contribution in [0.15, 0.2) is 17.5 Å². The Bertz CT molecular complexity index is 202. The van der Waals surface area contributed by atoms with Gasteiger partial charge in [-0.3, -0.25) is 0 Å². The van der Waals surface area contributed by atoms with E-state index < -0.39 is 0 Å². The Labute approximate surface area is 75.2 Å². The summed E-state index contributed by atoms with van der Waals surface area (Å²) in [7, 11) is 0. The molecule has 1 N–H and O–H groups in total. The minimum absolute atomic E-state index is 0.573. The fourth-order valence-electron chi connectivity index (χ4n) is 1.19. The topological polar surface area (TPSA) is 12.0 Å². The van der Waals surface area contributed by atoms with Gasteiger partial charge in [0.2, 0.25) is 0 Å². The van der Waals surface area contributed by atoms with Crippen molar-refractivity contribution in [2.24, 2.45) is 0 Å². The molecular weight excluding hydrogens is 174 g/mol. The van der Waals surface area contributed by atoms with E-state index in [2.05, 4.69) is 22.8 Å². The van der Waals surface area contributed by atoms with Crippen LogP contribution in [0.2, 0.25) is 0 Å². The van der Waals surface area contributed by atoms with Crippen molar-refractivity contribution in [3.63, 3.8) is 0 Å². The Kier molecular flexibility index (Phi) is 2.51. The summed E-state index contributed by atoms with van der Waals surface area (Å²) >= 11 is 3.87. The van der Waals surface area contributed by atoms with Gasteiger partial charge in [0.15, 0.2) is 0 Å². The molecule has 1 aliphatic rings. The molecule has 1 aliphatic heterocycles. The van der Waals surface area contributed by atoms with Gasteiger partial charge in [0, 0.05) is 4.88 Å². The van der Waals surface area contributed by atoms with E-state index in [-0.39, 0.29) is 0 Å². The van der Waals surface area contributed by atoms with E-state index in [1.54, 1.807) is 0 Å². The molecule has 0 radical (unpaired) electrons. The van der Waals surface area contributed by atoms with Crippen molar-refractivity contribution in [1.29, 1.82) is 0 Å². The molecule has 0 bridgehead atoms. The first-order valence-corrected chi connectivity index (χ1v) is 5.78. The Morgan fingerprint density at radius 3 is 3.18 bits per heavy atom. The maximum atomic E-state index is 3.49. The fourth-order valence-corrected chi connectivity index (χ4v) is 3.26. The highest BCUT2D eigenvalue weighted by Gasteiger charge is 2.14. The largest absolute Gasteiger partial charge is 0.301 e. The highest BCUT2D eigenvalue weighted by atomic mass is 32.2. The highest BCUT2D eigenvalue weighted by molar-refractivity contribution is 7.99. The van der Waals surface area contributed by atoms with Crippen LogP contribution < -0.4 is 5.32 Å². The van der Waals surface area contributed by atoms with Crippen molar-refractivity contribution in [3.8, 4) is 0 Å². The van der Waals surface area contributed by atoms with Gasteiger partial charge < -0.3 is 5.32 Å². The average Bonchev–Trinajstić information content (AvgIpc) is 2.58. The van der Waals surface area contributed by atoms with Crippen LogP contribution in [-0.2, 0) is 0 Å². The summed E-state index contributed by atoms with van der Waals surface area (Å²) in [4.78, 5) is 1.47. The van der Waals surface area contributed by atoms with E-state index in [0.717, 1.165) is 0 Å². The zero-order valence-corrected chi connectivity index (χ0v) is 7.88. The molecule has 1 aromatic rings. The van der Waals surface area contributed by atoms with Crippen LogP contribution in [0.3, 0.4) is 0 Å². The third-order valence-electron chi connectivity index (χ3n) is 1.74. The molecule has 0 saturated carbocycles. The second-order valence-electron chi connectivity index (χ2n) is 2.57. The van der Waals surface area contributed by atoms with Crippen molar-refractivity contribution >= 4 is 23.1 Å². The predicted molar refractivity (Wildman–Crippen MR) is 52.1 cm³/mol. The van der Waals surface area contributed by atoms with Gasteiger partial charge >= 0.3 is 0 Å². The SMILES string of the molecule is c1csc(C2NCCCS2)c1. The highest BCUT2D eigenvalue weighted by Crippen LogP contribution is 2.31. The molecule has 1 unspecified atom stereocenters. The monoisotopic (exact) mass is 185 g/mol. The molecule has 2 heterocycles. The molecule has 0 aliphatic carbocycles. The maximum Gasteiger partial charge on any atom is 0.0882 e. The Hall–Kier alpha value is 0.01000. The van der Waals surface area contributed by atoms with E-state index >= 15 is 0 Å². The van der Waals surface area contributed by atoms with Gasteiger partial charge in [-0.1, -0.05) is 6.07 Å². The molecule has 0 spiro atoms. The molecule has 1 fully saturated rings. The minimum Gasteiger partial charge on any atom is -0.301 e. The number of thiophene rings is 1. The van der Waals surface area contributed by atoms with Crippen molar-refractivity contribution in [1.82, 2.24) is 5.32 Å². The molecular formula is C8H11NS2. The average molecular weight is 185 g/mol. The fraction of sp³-hybridized carbons (Fsp3) is 0.500. The van der Waals surface area contributed by atoms with Crippen LogP contribution >= 0.6 is 23.1 Å². The van der Waals surface area contributed by atoms with Crippen LogP contribution in [-0.4, -0.2) is 12.3 Å². The van der Waals surface area contributed by atoms with Gasteiger partial charge in [0.05, 0.1) is 5.37 Å². The van der Waals surface area contributed by atoms with Crippen LogP contribution in [0.4, 0.5) is 0 Å². The van der Waals surface area contributed by atoms with E-state index in [0.29, 0.717) is 5.37 Å². The Morgan fingerprint density at radius 2 is 2.55 bits per heavy atom. The standard InChI is InChI=1S/C8H11NS2/c1-3-7(10-5-1)8-9-4-2-6-11-8/h1,3,5,8-9H,2,4,6H2. The van der Waals surface area contributed by atoms with Gasteiger partial charge in [-0.2, -0.15) is 0 Å². The third kappa shape index (κ3) is 1.78. The van der Waals surface area contributed by atoms with Crippen molar-refractivity contribution < 1.29 is 0 Å². The molecule has 1 saturated heterocycles. The van der Waals surface area contributed by atoms with Crippen molar-refractivity contribution in [3.05, 3.63) is 22.4 Å². The van der Waals surface area contributed by atoms with Crippen molar-refractivity contribution in [2.75, 3.05) is 12.3 Å². The summed E-state index contributed by atoms with van der Waals surface area (Å²) in [5.74, 6) is 1.30. The summed E-state index contributed by atoms with van der Waals surface area (Å²) in [5, 5.41) is 6.21. The number of hydrogen-bond donors (Lipinski definition) is 1. The Morgan fingerprint density at radius 1 is 1.55 bits per heavy atom. The van der Waals surface area contributed by atoms with Crippen LogP contribution in [0.5, 0.6) is 0 Å². The summed E-state index contributed by atoms with van der Waals surface area (Å²) in [6.07, 6.45) is 1.31. The van der Waals surface area contributed by atoms with Crippen molar-refractivity contribution in [2.45, 2.75) is 11.8 Å². The van der Waals surface area contributed by atoms with Crippen LogP contribution in [0.1, 0.15) is 16.7 Å². The van der Waals surface area contributed by atoms with E-state index in [9.17, 15) is 0 Å². The molecule has 1 nitrogen and oxygen atoms in total. The molecule has 11 heavy (non-hydrogen) atoms. The second-order valence-corrected chi connectivity index (χ2v) is 4.77. The van der Waals surface area contributed by atoms with E-state index in [4.69, 9.17) is 0 Å². The smallest absolute Gasteiger partial charge is 0.0882 e. The number of rotatable bonds is 1. The first-order valence-electron chi connectivity index (χ1n) is 3.85. The zero-order valence-electron chi connectivity index (χ0n) is 6.25. The molecule has 3 heteroatoms. The Balaban J connectivity index is 2.04. The van der Waals surface area contributed by atoms with Crippen LogP contribution in [0.25, 0.3) is 0 Å². The lowest BCUT2D eigenvalue weighted by atomic mass is 10.4. The summed E-state index contributed by atoms with van der Waals surface area (Å²) in [6.45, 7) is 1.18.